The number of carbonyl (C=O) groups is 2. The van der Waals surface area contributed by atoms with Crippen molar-refractivity contribution in [1.82, 2.24) is 16.0 Å². The normalized spacial score (nSPS) is 24.6. The third kappa shape index (κ3) is 4.32. The van der Waals surface area contributed by atoms with E-state index >= 15 is 0 Å². The Morgan fingerprint density at radius 2 is 2.06 bits per heavy atom. The Hall–Kier alpha value is -1.14. The van der Waals surface area contributed by atoms with Gasteiger partial charge in [0.05, 0.1) is 12.1 Å². The van der Waals surface area contributed by atoms with Gasteiger partial charge in [0.15, 0.2) is 0 Å². The minimum atomic E-state index is -0.482. The van der Waals surface area contributed by atoms with Crippen molar-refractivity contribution in [1.29, 1.82) is 0 Å². The maximum absolute atomic E-state index is 11.5. The molecule has 17 heavy (non-hydrogen) atoms. The van der Waals surface area contributed by atoms with Crippen LogP contribution in [0, 0.1) is 0 Å². The lowest BCUT2D eigenvalue weighted by Crippen LogP contribution is -2.54. The van der Waals surface area contributed by atoms with Crippen LogP contribution in [0.1, 0.15) is 26.7 Å². The van der Waals surface area contributed by atoms with E-state index in [1.165, 1.54) is 7.05 Å². The topological polar surface area (TPSA) is 79.5 Å². The highest BCUT2D eigenvalue weighted by atomic mass is 16.5. The van der Waals surface area contributed by atoms with Crippen LogP contribution in [0.25, 0.3) is 0 Å². The molecular formula is C11H21N3O3. The number of rotatable bonds is 5. The lowest BCUT2D eigenvalue weighted by Gasteiger charge is -2.36. The first-order chi connectivity index (χ1) is 8.06. The minimum absolute atomic E-state index is 0.303. The molecule has 1 aliphatic carbocycles. The maximum atomic E-state index is 11.5. The van der Waals surface area contributed by atoms with E-state index in [2.05, 4.69) is 16.0 Å². The molecule has 98 valence electrons. The molecule has 0 aromatic carbocycles. The molecule has 0 bridgehead atoms. The van der Waals surface area contributed by atoms with E-state index in [0.717, 1.165) is 19.4 Å². The van der Waals surface area contributed by atoms with Gasteiger partial charge in [-0.15, -0.1) is 0 Å². The van der Waals surface area contributed by atoms with E-state index in [1.54, 1.807) is 6.92 Å². The van der Waals surface area contributed by atoms with Crippen LogP contribution in [0.4, 0.5) is 4.79 Å². The second-order valence-corrected chi connectivity index (χ2v) is 4.20. The fraction of sp³-hybridized carbons (Fsp3) is 0.818. The molecule has 0 aromatic heterocycles. The van der Waals surface area contributed by atoms with Crippen LogP contribution in [0.15, 0.2) is 0 Å². The summed E-state index contributed by atoms with van der Waals surface area (Å²) in [5, 5.41) is 7.74. The average molecular weight is 243 g/mol. The van der Waals surface area contributed by atoms with E-state index in [4.69, 9.17) is 4.74 Å². The molecule has 3 amide bonds. The van der Waals surface area contributed by atoms with Crippen molar-refractivity contribution in [2.45, 2.75) is 44.9 Å². The maximum Gasteiger partial charge on any atom is 0.321 e. The zero-order valence-corrected chi connectivity index (χ0v) is 10.6. The number of urea groups is 1. The molecule has 0 heterocycles. The predicted octanol–water partition coefficient (Wildman–Crippen LogP) is -0.0124. The third-order valence-corrected chi connectivity index (χ3v) is 2.84. The van der Waals surface area contributed by atoms with Crippen LogP contribution in [-0.4, -0.2) is 43.8 Å². The second kappa shape index (κ2) is 6.56. The third-order valence-electron chi connectivity index (χ3n) is 2.84. The summed E-state index contributed by atoms with van der Waals surface area (Å²) in [7, 11) is 1.47. The summed E-state index contributed by atoms with van der Waals surface area (Å²) in [6, 6.07) is -0.554. The van der Waals surface area contributed by atoms with E-state index in [0.29, 0.717) is 12.1 Å². The fourth-order valence-corrected chi connectivity index (χ4v) is 1.79. The van der Waals surface area contributed by atoms with Crippen molar-refractivity contribution in [3.8, 4) is 0 Å². The molecule has 1 atom stereocenters. The monoisotopic (exact) mass is 243 g/mol. The van der Waals surface area contributed by atoms with Crippen LogP contribution in [0.5, 0.6) is 0 Å². The van der Waals surface area contributed by atoms with Gasteiger partial charge in [-0.2, -0.15) is 0 Å². The van der Waals surface area contributed by atoms with E-state index < -0.39 is 6.03 Å². The number of imide groups is 1. The molecule has 0 aliphatic heterocycles. The van der Waals surface area contributed by atoms with Crippen molar-refractivity contribution in [3.63, 3.8) is 0 Å². The Bertz CT molecular complexity index is 277. The van der Waals surface area contributed by atoms with Gasteiger partial charge < -0.3 is 15.4 Å². The highest BCUT2D eigenvalue weighted by Gasteiger charge is 2.31. The smallest absolute Gasteiger partial charge is 0.321 e. The quantitative estimate of drug-likeness (QED) is 0.634. The number of carbonyl (C=O) groups excluding carboxylic acids is 2. The number of hydrogen-bond acceptors (Lipinski definition) is 4. The van der Waals surface area contributed by atoms with Crippen molar-refractivity contribution < 1.29 is 14.3 Å². The standard InChI is InChI=1S/C11H21N3O3/c1-4-17-9-5-8(6-9)13-7(2)10(15)14-11(16)12-3/h7-9,13H,4-6H2,1-3H3,(H2,12,14,15,16). The first-order valence-electron chi connectivity index (χ1n) is 5.97. The van der Waals surface area contributed by atoms with Gasteiger partial charge >= 0.3 is 6.03 Å². The van der Waals surface area contributed by atoms with Gasteiger partial charge in [0.2, 0.25) is 5.91 Å². The molecule has 1 fully saturated rings. The van der Waals surface area contributed by atoms with Gasteiger partial charge in [-0.25, -0.2) is 4.79 Å². The van der Waals surface area contributed by atoms with Gasteiger partial charge in [0.1, 0.15) is 0 Å². The van der Waals surface area contributed by atoms with Crippen LogP contribution in [-0.2, 0) is 9.53 Å². The summed E-state index contributed by atoms with van der Waals surface area (Å²) < 4.78 is 5.43. The Morgan fingerprint density at radius 3 is 2.59 bits per heavy atom. The first kappa shape index (κ1) is 13.9. The summed E-state index contributed by atoms with van der Waals surface area (Å²) in [6.07, 6.45) is 2.16. The molecule has 0 spiro atoms. The summed E-state index contributed by atoms with van der Waals surface area (Å²) >= 11 is 0. The zero-order chi connectivity index (χ0) is 12.8. The Balaban J connectivity index is 2.19. The minimum Gasteiger partial charge on any atom is -0.378 e. The highest BCUT2D eigenvalue weighted by Crippen LogP contribution is 2.23. The van der Waals surface area contributed by atoms with Gasteiger partial charge in [0.25, 0.3) is 0 Å². The summed E-state index contributed by atoms with van der Waals surface area (Å²) in [5.74, 6) is -0.316. The van der Waals surface area contributed by atoms with Crippen molar-refractivity contribution >= 4 is 11.9 Å². The molecule has 1 aliphatic rings. The summed E-state index contributed by atoms with van der Waals surface area (Å²) in [6.45, 7) is 4.44. The average Bonchev–Trinajstić information content (AvgIpc) is 2.25. The van der Waals surface area contributed by atoms with Crippen LogP contribution in [0.3, 0.4) is 0 Å². The van der Waals surface area contributed by atoms with Gasteiger partial charge in [-0.3, -0.25) is 10.1 Å². The molecule has 1 saturated carbocycles. The number of hydrogen-bond donors (Lipinski definition) is 3. The molecule has 1 unspecified atom stereocenters. The van der Waals surface area contributed by atoms with Crippen LogP contribution in [0.2, 0.25) is 0 Å². The Labute approximate surface area is 101 Å². The zero-order valence-electron chi connectivity index (χ0n) is 10.6. The molecular weight excluding hydrogens is 222 g/mol. The summed E-state index contributed by atoms with van der Waals surface area (Å²) in [5.41, 5.74) is 0. The van der Waals surface area contributed by atoms with Gasteiger partial charge in [-0.05, 0) is 26.7 Å². The largest absolute Gasteiger partial charge is 0.378 e. The van der Waals surface area contributed by atoms with E-state index in [9.17, 15) is 9.59 Å². The molecule has 3 N–H and O–H groups in total. The SMILES string of the molecule is CCOC1CC(NC(C)C(=O)NC(=O)NC)C1. The van der Waals surface area contributed by atoms with Crippen LogP contribution < -0.4 is 16.0 Å². The second-order valence-electron chi connectivity index (χ2n) is 4.20. The molecule has 0 saturated heterocycles. The summed E-state index contributed by atoms with van der Waals surface area (Å²) in [4.78, 5) is 22.5. The van der Waals surface area contributed by atoms with Gasteiger partial charge in [-0.1, -0.05) is 0 Å². The van der Waals surface area contributed by atoms with E-state index in [-0.39, 0.29) is 11.9 Å². The first-order valence-corrected chi connectivity index (χ1v) is 5.97. The molecule has 0 aromatic rings. The fourth-order valence-electron chi connectivity index (χ4n) is 1.79. The van der Waals surface area contributed by atoms with Crippen molar-refractivity contribution in [2.75, 3.05) is 13.7 Å². The van der Waals surface area contributed by atoms with Crippen molar-refractivity contribution in [3.05, 3.63) is 0 Å². The molecule has 1 rings (SSSR count). The molecule has 0 radical (unpaired) electrons. The number of nitrogens with one attached hydrogen (secondary N) is 3. The molecule has 6 heteroatoms. The predicted molar refractivity (Wildman–Crippen MR) is 63.6 cm³/mol. The molecule has 6 nitrogen and oxygen atoms in total. The van der Waals surface area contributed by atoms with E-state index in [1.807, 2.05) is 6.92 Å². The lowest BCUT2D eigenvalue weighted by molar-refractivity contribution is -0.122. The number of ether oxygens (including phenoxy) is 1. The van der Waals surface area contributed by atoms with Gasteiger partial charge in [0, 0.05) is 19.7 Å². The highest BCUT2D eigenvalue weighted by molar-refractivity contribution is 5.96. The number of amides is 3. The van der Waals surface area contributed by atoms with Crippen molar-refractivity contribution in [2.24, 2.45) is 0 Å². The lowest BCUT2D eigenvalue weighted by atomic mass is 9.88. The Morgan fingerprint density at radius 1 is 1.41 bits per heavy atom. The Kier molecular flexibility index (Phi) is 5.37. The van der Waals surface area contributed by atoms with Crippen LogP contribution >= 0.6 is 0 Å².